The molecule has 148 valence electrons. The zero-order chi connectivity index (χ0) is 21.7. The summed E-state index contributed by atoms with van der Waals surface area (Å²) in [5.41, 5.74) is 0.268. The lowest BCUT2D eigenvalue weighted by molar-refractivity contribution is -0.385. The van der Waals surface area contributed by atoms with Crippen LogP contribution in [0.3, 0.4) is 0 Å². The lowest BCUT2D eigenvalue weighted by Gasteiger charge is -2.03. The van der Waals surface area contributed by atoms with E-state index in [0.717, 1.165) is 0 Å². The number of benzene rings is 2. The molecule has 10 heteroatoms. The predicted molar refractivity (Wildman–Crippen MR) is 106 cm³/mol. The number of carbonyl (C=O) groups is 1. The summed E-state index contributed by atoms with van der Waals surface area (Å²) in [4.78, 5) is 32.8. The van der Waals surface area contributed by atoms with Gasteiger partial charge in [0.1, 0.15) is 23.2 Å². The molecule has 1 amide bonds. The summed E-state index contributed by atoms with van der Waals surface area (Å²) in [7, 11) is 0. The van der Waals surface area contributed by atoms with Crippen molar-refractivity contribution in [1.82, 2.24) is 0 Å². The number of nitro benzene ring substituents is 2. The summed E-state index contributed by atoms with van der Waals surface area (Å²) < 4.78 is 5.57. The van der Waals surface area contributed by atoms with E-state index in [4.69, 9.17) is 4.42 Å². The Morgan fingerprint density at radius 1 is 1.00 bits per heavy atom. The fraction of sp³-hybridized carbons (Fsp3) is 0. The van der Waals surface area contributed by atoms with Gasteiger partial charge >= 0.3 is 0 Å². The molecule has 10 nitrogen and oxygen atoms in total. The van der Waals surface area contributed by atoms with Crippen molar-refractivity contribution < 1.29 is 19.1 Å². The molecule has 0 spiro atoms. The highest BCUT2D eigenvalue weighted by molar-refractivity contribution is 6.09. The van der Waals surface area contributed by atoms with Crippen molar-refractivity contribution in [3.8, 4) is 17.4 Å². The van der Waals surface area contributed by atoms with Crippen molar-refractivity contribution in [2.45, 2.75) is 0 Å². The maximum Gasteiger partial charge on any atom is 0.270 e. The average molecular weight is 404 g/mol. The van der Waals surface area contributed by atoms with Crippen molar-refractivity contribution in [3.05, 3.63) is 92.2 Å². The number of hydrogen-bond acceptors (Lipinski definition) is 7. The standard InChI is InChI=1S/C20H12N4O6/c21-12-14(20(25)22-15-4-6-16(7-5-15)23(26)27)11-18-8-9-19(30-18)13-2-1-3-17(10-13)24(28)29/h1-11H,(H,22,25)/b14-11+. The maximum atomic E-state index is 12.3. The van der Waals surface area contributed by atoms with Crippen molar-refractivity contribution in [3.63, 3.8) is 0 Å². The highest BCUT2D eigenvalue weighted by atomic mass is 16.6. The first-order valence-electron chi connectivity index (χ1n) is 8.39. The van der Waals surface area contributed by atoms with Gasteiger partial charge in [-0.3, -0.25) is 25.0 Å². The van der Waals surface area contributed by atoms with Gasteiger partial charge in [-0.1, -0.05) is 12.1 Å². The molecule has 1 aromatic heterocycles. The molecule has 0 aliphatic carbocycles. The number of nitrogens with one attached hydrogen (secondary N) is 1. The Morgan fingerprint density at radius 3 is 2.33 bits per heavy atom. The van der Waals surface area contributed by atoms with Gasteiger partial charge in [0, 0.05) is 41.6 Å². The molecule has 0 saturated heterocycles. The zero-order valence-corrected chi connectivity index (χ0v) is 15.1. The van der Waals surface area contributed by atoms with Gasteiger partial charge in [-0.25, -0.2) is 0 Å². The molecule has 0 fully saturated rings. The number of furan rings is 1. The van der Waals surface area contributed by atoms with Crippen LogP contribution in [0, 0.1) is 31.6 Å². The van der Waals surface area contributed by atoms with Crippen LogP contribution in [0.15, 0.2) is 70.7 Å². The van der Waals surface area contributed by atoms with Crippen LogP contribution in [0.5, 0.6) is 0 Å². The van der Waals surface area contributed by atoms with Crippen LogP contribution < -0.4 is 5.32 Å². The van der Waals surface area contributed by atoms with Crippen molar-refractivity contribution in [2.24, 2.45) is 0 Å². The number of nitrogens with zero attached hydrogens (tertiary/aromatic N) is 3. The summed E-state index contributed by atoms with van der Waals surface area (Å²) in [5, 5.41) is 33.3. The quantitative estimate of drug-likeness (QED) is 0.278. The molecule has 0 atom stereocenters. The Bertz CT molecular complexity index is 1200. The Hall–Kier alpha value is -4.78. The Kier molecular flexibility index (Phi) is 5.65. The third-order valence-electron chi connectivity index (χ3n) is 3.96. The second-order valence-electron chi connectivity index (χ2n) is 5.94. The highest BCUT2D eigenvalue weighted by Crippen LogP contribution is 2.26. The molecular formula is C20H12N4O6. The summed E-state index contributed by atoms with van der Waals surface area (Å²) >= 11 is 0. The average Bonchev–Trinajstić information content (AvgIpc) is 3.21. The second kappa shape index (κ2) is 8.49. The van der Waals surface area contributed by atoms with Crippen LogP contribution in [0.2, 0.25) is 0 Å². The van der Waals surface area contributed by atoms with Gasteiger partial charge in [-0.2, -0.15) is 5.26 Å². The molecule has 1 N–H and O–H groups in total. The molecule has 0 radical (unpaired) electrons. The highest BCUT2D eigenvalue weighted by Gasteiger charge is 2.14. The summed E-state index contributed by atoms with van der Waals surface area (Å²) in [6.45, 7) is 0. The minimum absolute atomic E-state index is 0.0961. The monoisotopic (exact) mass is 404 g/mol. The van der Waals surface area contributed by atoms with Gasteiger partial charge in [0.15, 0.2) is 0 Å². The topological polar surface area (TPSA) is 152 Å². The lowest BCUT2D eigenvalue weighted by Crippen LogP contribution is -2.13. The van der Waals surface area contributed by atoms with Crippen LogP contribution >= 0.6 is 0 Å². The second-order valence-corrected chi connectivity index (χ2v) is 5.94. The van der Waals surface area contributed by atoms with E-state index in [1.807, 2.05) is 0 Å². The normalized spacial score (nSPS) is 10.8. The predicted octanol–water partition coefficient (Wildman–Crippen LogP) is 4.31. The molecule has 0 unspecified atom stereocenters. The smallest absolute Gasteiger partial charge is 0.270 e. The minimum Gasteiger partial charge on any atom is -0.457 e. The van der Waals surface area contributed by atoms with Crippen LogP contribution in [-0.4, -0.2) is 15.8 Å². The molecular weight excluding hydrogens is 392 g/mol. The summed E-state index contributed by atoms with van der Waals surface area (Å²) in [5.74, 6) is -0.190. The third-order valence-corrected chi connectivity index (χ3v) is 3.96. The van der Waals surface area contributed by atoms with Crippen LogP contribution in [0.1, 0.15) is 5.76 Å². The number of anilines is 1. The van der Waals surface area contributed by atoms with Gasteiger partial charge < -0.3 is 9.73 Å². The first-order chi connectivity index (χ1) is 14.4. The first kappa shape index (κ1) is 20.0. The Morgan fingerprint density at radius 2 is 1.70 bits per heavy atom. The molecule has 1 heterocycles. The van der Waals surface area contributed by atoms with Gasteiger partial charge in [-0.15, -0.1) is 0 Å². The molecule has 0 bridgehead atoms. The van der Waals surface area contributed by atoms with E-state index >= 15 is 0 Å². The summed E-state index contributed by atoms with van der Waals surface area (Å²) in [6, 6.07) is 15.8. The van der Waals surface area contributed by atoms with Gasteiger partial charge in [0.25, 0.3) is 17.3 Å². The molecule has 0 aliphatic heterocycles. The van der Waals surface area contributed by atoms with Crippen molar-refractivity contribution >= 4 is 29.0 Å². The Balaban J connectivity index is 1.78. The molecule has 30 heavy (non-hydrogen) atoms. The van der Waals surface area contributed by atoms with Crippen LogP contribution in [0.25, 0.3) is 17.4 Å². The minimum atomic E-state index is -0.723. The molecule has 3 rings (SSSR count). The zero-order valence-electron chi connectivity index (χ0n) is 15.1. The van der Waals surface area contributed by atoms with E-state index in [2.05, 4.69) is 5.32 Å². The molecule has 0 aliphatic rings. The Labute approximate surface area is 169 Å². The van der Waals surface area contributed by atoms with E-state index < -0.39 is 15.8 Å². The van der Waals surface area contributed by atoms with Crippen LogP contribution in [0.4, 0.5) is 17.1 Å². The van der Waals surface area contributed by atoms with E-state index in [1.54, 1.807) is 18.2 Å². The van der Waals surface area contributed by atoms with Gasteiger partial charge in [0.2, 0.25) is 0 Å². The first-order valence-corrected chi connectivity index (χ1v) is 8.39. The maximum absolute atomic E-state index is 12.3. The fourth-order valence-corrected chi connectivity index (χ4v) is 2.51. The molecule has 0 saturated carbocycles. The number of nitriles is 1. The molecule has 2 aromatic carbocycles. The van der Waals surface area contributed by atoms with Crippen molar-refractivity contribution in [2.75, 3.05) is 5.32 Å². The van der Waals surface area contributed by atoms with E-state index in [0.29, 0.717) is 11.3 Å². The number of carbonyl (C=O) groups excluding carboxylic acids is 1. The molecule has 3 aromatic rings. The number of rotatable bonds is 6. The van der Waals surface area contributed by atoms with Gasteiger partial charge in [-0.05, 0) is 24.3 Å². The van der Waals surface area contributed by atoms with Crippen molar-refractivity contribution in [1.29, 1.82) is 5.26 Å². The number of amides is 1. The number of non-ortho nitro benzene ring substituents is 2. The van der Waals surface area contributed by atoms with E-state index in [9.17, 15) is 30.3 Å². The number of nitro groups is 2. The van der Waals surface area contributed by atoms with E-state index in [1.165, 1.54) is 54.6 Å². The van der Waals surface area contributed by atoms with E-state index in [-0.39, 0.29) is 28.4 Å². The fourth-order valence-electron chi connectivity index (χ4n) is 2.51. The van der Waals surface area contributed by atoms with Crippen LogP contribution in [-0.2, 0) is 4.79 Å². The largest absolute Gasteiger partial charge is 0.457 e. The summed E-state index contributed by atoms with van der Waals surface area (Å²) in [6.07, 6.45) is 1.22. The van der Waals surface area contributed by atoms with Gasteiger partial charge in [0.05, 0.1) is 9.85 Å². The SMILES string of the molecule is N#C/C(=C\c1ccc(-c2cccc([N+](=O)[O-])c2)o1)C(=O)Nc1ccc([N+](=O)[O-])cc1. The lowest BCUT2D eigenvalue weighted by atomic mass is 10.1. The third kappa shape index (κ3) is 4.55. The number of hydrogen-bond donors (Lipinski definition) is 1.